The maximum absolute atomic E-state index is 13.9. The van der Waals surface area contributed by atoms with Crippen LogP contribution in [-0.2, 0) is 10.9 Å². The van der Waals surface area contributed by atoms with E-state index < -0.39 is 17.6 Å². The van der Waals surface area contributed by atoms with Crippen LogP contribution in [0.15, 0.2) is 12.1 Å². The first-order valence-electron chi connectivity index (χ1n) is 5.59. The maximum atomic E-state index is 13.9. The summed E-state index contributed by atoms with van der Waals surface area (Å²) in [4.78, 5) is 1.58. The smallest absolute Gasteiger partial charge is 0.378 e. The van der Waals surface area contributed by atoms with Crippen LogP contribution in [0, 0.1) is 12.7 Å². The van der Waals surface area contributed by atoms with Gasteiger partial charge in [0, 0.05) is 13.1 Å². The molecule has 0 unspecified atom stereocenters. The molecule has 0 aliphatic carbocycles. The van der Waals surface area contributed by atoms with Crippen molar-refractivity contribution in [3.05, 3.63) is 29.1 Å². The highest BCUT2D eigenvalue weighted by Gasteiger charge is 2.36. The average molecular weight is 263 g/mol. The van der Waals surface area contributed by atoms with Crippen LogP contribution >= 0.6 is 0 Å². The summed E-state index contributed by atoms with van der Waals surface area (Å²) < 4.78 is 57.1. The zero-order valence-electron chi connectivity index (χ0n) is 9.85. The molecular weight excluding hydrogens is 250 g/mol. The summed E-state index contributed by atoms with van der Waals surface area (Å²) in [7, 11) is 0. The maximum Gasteiger partial charge on any atom is 0.419 e. The minimum Gasteiger partial charge on any atom is -0.378 e. The molecule has 0 amide bonds. The number of ether oxygens (including phenoxy) is 1. The van der Waals surface area contributed by atoms with Gasteiger partial charge in [-0.25, -0.2) is 4.39 Å². The number of benzene rings is 1. The molecule has 0 bridgehead atoms. The molecule has 1 aromatic rings. The first-order valence-corrected chi connectivity index (χ1v) is 5.59. The second-order valence-electron chi connectivity index (χ2n) is 4.24. The molecule has 1 aliphatic rings. The molecule has 1 aliphatic heterocycles. The van der Waals surface area contributed by atoms with Gasteiger partial charge in [-0.3, -0.25) is 0 Å². The molecule has 18 heavy (non-hydrogen) atoms. The molecule has 100 valence electrons. The molecular formula is C12H13F4NO. The highest BCUT2D eigenvalue weighted by molar-refractivity contribution is 5.53. The molecule has 0 spiro atoms. The van der Waals surface area contributed by atoms with Gasteiger partial charge in [0.05, 0.1) is 24.5 Å². The average Bonchev–Trinajstić information content (AvgIpc) is 2.31. The largest absolute Gasteiger partial charge is 0.419 e. The van der Waals surface area contributed by atoms with E-state index in [1.54, 1.807) is 4.90 Å². The van der Waals surface area contributed by atoms with Crippen LogP contribution in [0.4, 0.5) is 23.2 Å². The molecule has 0 radical (unpaired) electrons. The fourth-order valence-corrected chi connectivity index (χ4v) is 1.99. The summed E-state index contributed by atoms with van der Waals surface area (Å²) in [6.07, 6.45) is -4.67. The third-order valence-corrected chi connectivity index (χ3v) is 2.85. The number of hydrogen-bond acceptors (Lipinski definition) is 2. The van der Waals surface area contributed by atoms with Crippen LogP contribution in [0.25, 0.3) is 0 Å². The number of anilines is 1. The summed E-state index contributed by atoms with van der Waals surface area (Å²) in [6.45, 7) is 3.12. The van der Waals surface area contributed by atoms with Gasteiger partial charge in [0.2, 0.25) is 0 Å². The summed E-state index contributed by atoms with van der Waals surface area (Å²) in [5.41, 5.74) is -0.806. The van der Waals surface area contributed by atoms with Gasteiger partial charge in [0.1, 0.15) is 0 Å². The number of aryl methyl sites for hydroxylation is 1. The van der Waals surface area contributed by atoms with Crippen molar-refractivity contribution in [2.75, 3.05) is 31.2 Å². The molecule has 0 saturated carbocycles. The summed E-state index contributed by atoms with van der Waals surface area (Å²) >= 11 is 0. The van der Waals surface area contributed by atoms with Crippen LogP contribution in [0.1, 0.15) is 11.1 Å². The Morgan fingerprint density at radius 3 is 2.33 bits per heavy atom. The van der Waals surface area contributed by atoms with Gasteiger partial charge in [0.15, 0.2) is 5.82 Å². The van der Waals surface area contributed by atoms with E-state index in [4.69, 9.17) is 4.74 Å². The van der Waals surface area contributed by atoms with E-state index in [1.807, 2.05) is 0 Å². The summed E-state index contributed by atoms with van der Waals surface area (Å²) in [5.74, 6) is -1.20. The molecule has 6 heteroatoms. The van der Waals surface area contributed by atoms with Gasteiger partial charge < -0.3 is 9.64 Å². The van der Waals surface area contributed by atoms with Crippen LogP contribution in [-0.4, -0.2) is 26.3 Å². The minimum atomic E-state index is -4.67. The first kappa shape index (κ1) is 13.1. The van der Waals surface area contributed by atoms with Gasteiger partial charge in [-0.05, 0) is 24.6 Å². The molecule has 2 rings (SSSR count). The lowest BCUT2D eigenvalue weighted by Crippen LogP contribution is -2.37. The van der Waals surface area contributed by atoms with E-state index in [-0.39, 0.29) is 5.69 Å². The van der Waals surface area contributed by atoms with Crippen molar-refractivity contribution >= 4 is 5.69 Å². The second-order valence-corrected chi connectivity index (χ2v) is 4.24. The lowest BCUT2D eigenvalue weighted by atomic mass is 10.1. The molecule has 2 nitrogen and oxygen atoms in total. The Kier molecular flexibility index (Phi) is 3.47. The van der Waals surface area contributed by atoms with Crippen molar-refractivity contribution in [1.29, 1.82) is 0 Å². The fraction of sp³-hybridized carbons (Fsp3) is 0.500. The van der Waals surface area contributed by atoms with Gasteiger partial charge >= 0.3 is 6.18 Å². The third-order valence-electron chi connectivity index (χ3n) is 2.85. The van der Waals surface area contributed by atoms with Crippen LogP contribution in [0.3, 0.4) is 0 Å². The SMILES string of the molecule is Cc1cc(N2CCOCC2)c(F)c(C(F)(F)F)c1. The molecule has 0 atom stereocenters. The van der Waals surface area contributed by atoms with E-state index in [9.17, 15) is 17.6 Å². The molecule has 1 aromatic carbocycles. The van der Waals surface area contributed by atoms with E-state index >= 15 is 0 Å². The molecule has 0 aromatic heterocycles. The van der Waals surface area contributed by atoms with Gasteiger partial charge in [-0.1, -0.05) is 0 Å². The van der Waals surface area contributed by atoms with Crippen LogP contribution < -0.4 is 4.90 Å². The number of halogens is 4. The molecule has 1 saturated heterocycles. The van der Waals surface area contributed by atoms with Crippen molar-refractivity contribution in [2.24, 2.45) is 0 Å². The Hall–Kier alpha value is -1.30. The normalized spacial score (nSPS) is 17.1. The first-order chi connectivity index (χ1) is 8.39. The number of alkyl halides is 3. The lowest BCUT2D eigenvalue weighted by Gasteiger charge is -2.30. The Morgan fingerprint density at radius 2 is 1.78 bits per heavy atom. The predicted octanol–water partition coefficient (Wildman–Crippen LogP) is 2.99. The van der Waals surface area contributed by atoms with Gasteiger partial charge in [-0.2, -0.15) is 13.2 Å². The zero-order valence-corrected chi connectivity index (χ0v) is 9.85. The Morgan fingerprint density at radius 1 is 1.17 bits per heavy atom. The number of hydrogen-bond donors (Lipinski definition) is 0. The van der Waals surface area contributed by atoms with E-state index in [1.165, 1.54) is 13.0 Å². The fourth-order valence-electron chi connectivity index (χ4n) is 1.99. The number of morpholine rings is 1. The van der Waals surface area contributed by atoms with Crippen molar-refractivity contribution in [2.45, 2.75) is 13.1 Å². The Labute approximate surface area is 102 Å². The predicted molar refractivity (Wildman–Crippen MR) is 59.2 cm³/mol. The Bertz CT molecular complexity index is 438. The highest BCUT2D eigenvalue weighted by atomic mass is 19.4. The van der Waals surface area contributed by atoms with Gasteiger partial charge in [0.25, 0.3) is 0 Å². The van der Waals surface area contributed by atoms with E-state index in [0.717, 1.165) is 6.07 Å². The van der Waals surface area contributed by atoms with E-state index in [2.05, 4.69) is 0 Å². The molecule has 0 N–H and O–H groups in total. The van der Waals surface area contributed by atoms with Crippen molar-refractivity contribution < 1.29 is 22.3 Å². The zero-order chi connectivity index (χ0) is 13.3. The summed E-state index contributed by atoms with van der Waals surface area (Å²) in [5, 5.41) is 0. The van der Waals surface area contributed by atoms with Crippen molar-refractivity contribution in [3.8, 4) is 0 Å². The molecule has 1 fully saturated rings. The monoisotopic (exact) mass is 263 g/mol. The van der Waals surface area contributed by atoms with Crippen molar-refractivity contribution in [1.82, 2.24) is 0 Å². The minimum absolute atomic E-state index is 0.00521. The van der Waals surface area contributed by atoms with Crippen LogP contribution in [0.2, 0.25) is 0 Å². The quantitative estimate of drug-likeness (QED) is 0.722. The Balaban J connectivity index is 2.44. The number of nitrogens with zero attached hydrogens (tertiary/aromatic N) is 1. The second kappa shape index (κ2) is 4.76. The standard InChI is InChI=1S/C12H13F4NO/c1-8-6-9(12(14,15)16)11(13)10(7-8)17-2-4-18-5-3-17/h6-7H,2-5H2,1H3. The summed E-state index contributed by atoms with van der Waals surface area (Å²) in [6, 6.07) is 2.27. The lowest BCUT2D eigenvalue weighted by molar-refractivity contribution is -0.139. The van der Waals surface area contributed by atoms with Gasteiger partial charge in [-0.15, -0.1) is 0 Å². The highest BCUT2D eigenvalue weighted by Crippen LogP contribution is 2.36. The third kappa shape index (κ3) is 2.58. The number of rotatable bonds is 1. The van der Waals surface area contributed by atoms with Crippen molar-refractivity contribution in [3.63, 3.8) is 0 Å². The topological polar surface area (TPSA) is 12.5 Å². The van der Waals surface area contributed by atoms with Crippen LogP contribution in [0.5, 0.6) is 0 Å². The van der Waals surface area contributed by atoms with E-state index in [0.29, 0.717) is 31.9 Å². The molecule has 1 heterocycles.